The average molecular weight is 315 g/mol. The van der Waals surface area contributed by atoms with Gasteiger partial charge in [0.1, 0.15) is 5.75 Å². The predicted molar refractivity (Wildman–Crippen MR) is 75.3 cm³/mol. The van der Waals surface area contributed by atoms with Crippen LogP contribution in [0.25, 0.3) is 0 Å². The number of tetrazole rings is 1. The smallest absolute Gasteiger partial charge is 0.212 e. The van der Waals surface area contributed by atoms with Gasteiger partial charge in [-0.3, -0.25) is 0 Å². The van der Waals surface area contributed by atoms with Gasteiger partial charge in [0, 0.05) is 4.88 Å². The number of sulfone groups is 1. The average Bonchev–Trinajstić information content (AvgIpc) is 2.95. The first kappa shape index (κ1) is 15.0. The Labute approximate surface area is 122 Å². The summed E-state index contributed by atoms with van der Waals surface area (Å²) in [5, 5.41) is 11.1. The largest absolute Gasteiger partial charge is 0.230 e. The van der Waals surface area contributed by atoms with Crippen molar-refractivity contribution in [3.63, 3.8) is 0 Å². The lowest BCUT2D eigenvalue weighted by molar-refractivity contribution is 0.498. The Morgan fingerprint density at radius 1 is 1.35 bits per heavy atom. The fraction of sp³-hybridized carbons (Fsp3) is 0.636. The summed E-state index contributed by atoms with van der Waals surface area (Å²) in [4.78, 5) is 5.15. The fourth-order valence-corrected chi connectivity index (χ4v) is 4.49. The van der Waals surface area contributed by atoms with Gasteiger partial charge in [-0.05, 0) is 37.6 Å². The highest BCUT2D eigenvalue weighted by molar-refractivity contribution is 7.92. The molecular weight excluding hydrogens is 298 g/mol. The van der Waals surface area contributed by atoms with Crippen LogP contribution in [0.4, 0.5) is 0 Å². The second kappa shape index (κ2) is 5.57. The van der Waals surface area contributed by atoms with Crippen LogP contribution in [-0.4, -0.2) is 33.6 Å². The summed E-state index contributed by atoms with van der Waals surface area (Å²) in [6.45, 7) is 7.63. The molecule has 0 N–H and O–H groups in total. The molecule has 0 aliphatic heterocycles. The molecule has 0 aromatic carbocycles. The summed E-state index contributed by atoms with van der Waals surface area (Å²) in [5.74, 6) is 0.111. The first-order chi connectivity index (χ1) is 9.35. The lowest BCUT2D eigenvalue weighted by Crippen LogP contribution is -2.13. The Kier molecular flexibility index (Phi) is 4.19. The highest BCUT2D eigenvalue weighted by Crippen LogP contribution is 2.25. The molecule has 2 aromatic heterocycles. The van der Waals surface area contributed by atoms with Crippen molar-refractivity contribution in [1.82, 2.24) is 25.2 Å². The van der Waals surface area contributed by atoms with Gasteiger partial charge in [0.05, 0.1) is 11.7 Å². The van der Waals surface area contributed by atoms with E-state index in [1.165, 1.54) is 16.0 Å². The Morgan fingerprint density at radius 2 is 2.05 bits per heavy atom. The van der Waals surface area contributed by atoms with Gasteiger partial charge in [0.25, 0.3) is 0 Å². The molecule has 0 unspecified atom stereocenters. The Bertz CT molecular complexity index is 702. The van der Waals surface area contributed by atoms with Crippen LogP contribution in [0.2, 0.25) is 0 Å². The van der Waals surface area contributed by atoms with Gasteiger partial charge in [-0.25, -0.2) is 18.1 Å². The van der Waals surface area contributed by atoms with Crippen molar-refractivity contribution in [1.29, 1.82) is 0 Å². The van der Waals surface area contributed by atoms with E-state index in [4.69, 9.17) is 0 Å². The minimum absolute atomic E-state index is 0.0134. The van der Waals surface area contributed by atoms with Crippen molar-refractivity contribution in [3.8, 4) is 0 Å². The topological polar surface area (TPSA) is 90.6 Å². The zero-order valence-electron chi connectivity index (χ0n) is 11.9. The van der Waals surface area contributed by atoms with Gasteiger partial charge >= 0.3 is 0 Å². The van der Waals surface area contributed by atoms with Crippen molar-refractivity contribution in [3.05, 3.63) is 16.4 Å². The second-order valence-electron chi connectivity index (χ2n) is 4.73. The lowest BCUT2D eigenvalue weighted by Gasteiger charge is -2.06. The molecule has 0 bridgehead atoms. The van der Waals surface area contributed by atoms with Crippen LogP contribution in [0.1, 0.15) is 43.2 Å². The quantitative estimate of drug-likeness (QED) is 0.831. The number of nitrogens with zero attached hydrogens (tertiary/aromatic N) is 5. The van der Waals surface area contributed by atoms with E-state index >= 15 is 0 Å². The Morgan fingerprint density at radius 3 is 2.60 bits per heavy atom. The van der Waals surface area contributed by atoms with E-state index in [1.54, 1.807) is 0 Å². The third kappa shape index (κ3) is 2.88. The number of rotatable bonds is 5. The SMILES string of the molecule is CCc1nc(S(=O)(=O)Cc2nnnn2C(C)C)sc1C. The molecule has 0 saturated heterocycles. The fourth-order valence-electron chi connectivity index (χ4n) is 1.80. The van der Waals surface area contributed by atoms with Crippen LogP contribution in [0.5, 0.6) is 0 Å². The molecule has 2 aromatic rings. The van der Waals surface area contributed by atoms with Crippen molar-refractivity contribution in [2.24, 2.45) is 0 Å². The van der Waals surface area contributed by atoms with E-state index in [2.05, 4.69) is 20.5 Å². The molecule has 0 radical (unpaired) electrons. The summed E-state index contributed by atoms with van der Waals surface area (Å²) < 4.78 is 26.4. The third-order valence-corrected chi connectivity index (χ3v) is 5.92. The number of aromatic nitrogens is 5. The monoisotopic (exact) mass is 315 g/mol. The molecule has 110 valence electrons. The van der Waals surface area contributed by atoms with Crippen LogP contribution in [0, 0.1) is 6.92 Å². The van der Waals surface area contributed by atoms with Crippen molar-refractivity contribution in [2.45, 2.75) is 50.3 Å². The number of aryl methyl sites for hydroxylation is 2. The Hall–Kier alpha value is -1.35. The van der Waals surface area contributed by atoms with Crippen molar-refractivity contribution in [2.75, 3.05) is 0 Å². The number of thiazole rings is 1. The maximum absolute atomic E-state index is 12.4. The van der Waals surface area contributed by atoms with E-state index in [0.717, 1.165) is 17.0 Å². The summed E-state index contributed by atoms with van der Waals surface area (Å²) in [6.07, 6.45) is 0.724. The maximum atomic E-state index is 12.4. The Balaban J connectivity index is 2.33. The van der Waals surface area contributed by atoms with Crippen LogP contribution < -0.4 is 0 Å². The van der Waals surface area contributed by atoms with Gasteiger partial charge in [0.2, 0.25) is 14.2 Å². The third-order valence-electron chi connectivity index (χ3n) is 2.84. The van der Waals surface area contributed by atoms with Gasteiger partial charge in [0.15, 0.2) is 5.82 Å². The summed E-state index contributed by atoms with van der Waals surface area (Å²) in [7, 11) is -3.51. The van der Waals surface area contributed by atoms with Crippen molar-refractivity contribution >= 4 is 21.2 Å². The maximum Gasteiger partial charge on any atom is 0.212 e. The standard InChI is InChI=1S/C11H17N5O2S2/c1-5-9-8(4)19-11(12-9)20(17,18)6-10-13-14-15-16(10)7(2)3/h7H,5-6H2,1-4H3. The first-order valence-corrected chi connectivity index (χ1v) is 8.77. The summed E-state index contributed by atoms with van der Waals surface area (Å²) in [6, 6.07) is 0.0134. The zero-order chi connectivity index (χ0) is 14.9. The minimum atomic E-state index is -3.51. The molecule has 2 rings (SSSR count). The highest BCUT2D eigenvalue weighted by Gasteiger charge is 2.24. The zero-order valence-corrected chi connectivity index (χ0v) is 13.5. The van der Waals surface area contributed by atoms with Gasteiger partial charge in [-0.2, -0.15) is 0 Å². The van der Waals surface area contributed by atoms with Gasteiger partial charge in [-0.15, -0.1) is 16.4 Å². The lowest BCUT2D eigenvalue weighted by atomic mass is 10.3. The molecular formula is C11H17N5O2S2. The van der Waals surface area contributed by atoms with E-state index in [0.29, 0.717) is 5.82 Å². The highest BCUT2D eigenvalue weighted by atomic mass is 32.2. The molecule has 0 amide bonds. The van der Waals surface area contributed by atoms with Crippen LogP contribution in [0.3, 0.4) is 0 Å². The van der Waals surface area contributed by atoms with Gasteiger partial charge < -0.3 is 0 Å². The van der Waals surface area contributed by atoms with Crippen LogP contribution >= 0.6 is 11.3 Å². The van der Waals surface area contributed by atoms with Gasteiger partial charge in [-0.1, -0.05) is 6.92 Å². The van der Waals surface area contributed by atoms with Crippen molar-refractivity contribution < 1.29 is 8.42 Å². The normalized spacial score (nSPS) is 12.2. The molecule has 0 aliphatic rings. The molecule has 20 heavy (non-hydrogen) atoms. The molecule has 2 heterocycles. The molecule has 0 spiro atoms. The molecule has 0 fully saturated rings. The van der Waals surface area contributed by atoms with E-state index in [1.807, 2.05) is 27.7 Å². The van der Waals surface area contributed by atoms with E-state index in [9.17, 15) is 8.42 Å². The molecule has 9 heteroatoms. The van der Waals surface area contributed by atoms with Crippen LogP contribution in [0.15, 0.2) is 4.34 Å². The molecule has 0 saturated carbocycles. The molecule has 7 nitrogen and oxygen atoms in total. The summed E-state index contributed by atoms with van der Waals surface area (Å²) >= 11 is 1.21. The first-order valence-electron chi connectivity index (χ1n) is 6.31. The minimum Gasteiger partial charge on any atom is -0.230 e. The van der Waals surface area contributed by atoms with Crippen LogP contribution in [-0.2, 0) is 22.0 Å². The van der Waals surface area contributed by atoms with E-state index in [-0.39, 0.29) is 16.1 Å². The number of hydrogen-bond acceptors (Lipinski definition) is 7. The summed E-state index contributed by atoms with van der Waals surface area (Å²) in [5.41, 5.74) is 0.831. The van der Waals surface area contributed by atoms with E-state index < -0.39 is 9.84 Å². The second-order valence-corrected chi connectivity index (χ2v) is 8.10. The molecule has 0 aliphatic carbocycles. The predicted octanol–water partition coefficient (Wildman–Crippen LogP) is 1.56. The number of hydrogen-bond donors (Lipinski definition) is 0. The molecule has 0 atom stereocenters.